The van der Waals surface area contributed by atoms with Crippen molar-refractivity contribution in [1.29, 1.82) is 0 Å². The molecule has 1 amide bonds. The first-order chi connectivity index (χ1) is 6.22. The van der Waals surface area contributed by atoms with Crippen molar-refractivity contribution in [2.24, 2.45) is 5.73 Å². The predicted molar refractivity (Wildman–Crippen MR) is 53.5 cm³/mol. The van der Waals surface area contributed by atoms with Gasteiger partial charge < -0.3 is 11.1 Å². The summed E-state index contributed by atoms with van der Waals surface area (Å²) >= 11 is 0. The van der Waals surface area contributed by atoms with Crippen LogP contribution in [0.3, 0.4) is 0 Å². The second-order valence-corrected chi connectivity index (χ2v) is 2.92. The van der Waals surface area contributed by atoms with E-state index < -0.39 is 0 Å². The fourth-order valence-electron chi connectivity index (χ4n) is 1.12. The van der Waals surface area contributed by atoms with Gasteiger partial charge in [-0.1, -0.05) is 12.1 Å². The van der Waals surface area contributed by atoms with E-state index in [1.807, 2.05) is 24.3 Å². The number of nitrogens with two attached hydrogens (primary N) is 1. The number of carbonyl (C=O) groups is 1. The van der Waals surface area contributed by atoms with E-state index in [9.17, 15) is 4.79 Å². The number of hydrogen-bond donors (Lipinski definition) is 2. The van der Waals surface area contributed by atoms with Gasteiger partial charge in [0.15, 0.2) is 0 Å². The first-order valence-electron chi connectivity index (χ1n) is 4.29. The Morgan fingerprint density at radius 3 is 2.46 bits per heavy atom. The molecule has 0 saturated heterocycles. The second kappa shape index (κ2) is 4.62. The van der Waals surface area contributed by atoms with Crippen molar-refractivity contribution in [2.75, 3.05) is 11.9 Å². The number of anilines is 1. The van der Waals surface area contributed by atoms with Gasteiger partial charge in [0.1, 0.15) is 0 Å². The van der Waals surface area contributed by atoms with Crippen LogP contribution in [0.15, 0.2) is 24.3 Å². The smallest absolute Gasteiger partial charge is 0.221 e. The molecule has 0 aromatic heterocycles. The summed E-state index contributed by atoms with van der Waals surface area (Å²) in [6.07, 6.45) is 0.875. The summed E-state index contributed by atoms with van der Waals surface area (Å²) in [5.74, 6) is -0.0495. The minimum absolute atomic E-state index is 0.0495. The van der Waals surface area contributed by atoms with E-state index in [1.165, 1.54) is 12.5 Å². The molecule has 0 spiro atoms. The second-order valence-electron chi connectivity index (χ2n) is 2.92. The van der Waals surface area contributed by atoms with Crippen molar-refractivity contribution in [1.82, 2.24) is 0 Å². The Morgan fingerprint density at radius 2 is 2.00 bits per heavy atom. The molecule has 1 aromatic rings. The molecule has 0 aliphatic heterocycles. The fourth-order valence-corrected chi connectivity index (χ4v) is 1.12. The van der Waals surface area contributed by atoms with Crippen LogP contribution < -0.4 is 11.1 Å². The molecule has 3 N–H and O–H groups in total. The Hall–Kier alpha value is -1.35. The zero-order valence-electron chi connectivity index (χ0n) is 7.71. The van der Waals surface area contributed by atoms with E-state index in [1.54, 1.807) is 0 Å². The molecule has 0 heterocycles. The molecule has 0 bridgehead atoms. The summed E-state index contributed by atoms with van der Waals surface area (Å²) in [6.45, 7) is 2.15. The highest BCUT2D eigenvalue weighted by Crippen LogP contribution is 2.09. The fraction of sp³-hybridized carbons (Fsp3) is 0.300. The summed E-state index contributed by atoms with van der Waals surface area (Å²) in [4.78, 5) is 10.7. The van der Waals surface area contributed by atoms with Crippen molar-refractivity contribution >= 4 is 11.6 Å². The molecule has 0 atom stereocenters. The molecular weight excluding hydrogens is 164 g/mol. The SMILES string of the molecule is CC(=O)Nc1ccc(CCN)cc1. The van der Waals surface area contributed by atoms with Crippen LogP contribution in [-0.4, -0.2) is 12.5 Å². The van der Waals surface area contributed by atoms with E-state index in [2.05, 4.69) is 5.32 Å². The lowest BCUT2D eigenvalue weighted by molar-refractivity contribution is -0.114. The zero-order valence-corrected chi connectivity index (χ0v) is 7.71. The largest absolute Gasteiger partial charge is 0.330 e. The maximum Gasteiger partial charge on any atom is 0.221 e. The summed E-state index contributed by atoms with van der Waals surface area (Å²) in [5, 5.41) is 2.70. The molecule has 0 radical (unpaired) electrons. The Morgan fingerprint density at radius 1 is 1.38 bits per heavy atom. The van der Waals surface area contributed by atoms with Crippen molar-refractivity contribution in [2.45, 2.75) is 13.3 Å². The standard InChI is InChI=1S/C10H14N2O/c1-8(13)12-10-4-2-9(3-5-10)6-7-11/h2-5H,6-7,11H2,1H3,(H,12,13). The number of hydrogen-bond acceptors (Lipinski definition) is 2. The van der Waals surface area contributed by atoms with E-state index in [0.717, 1.165) is 12.1 Å². The van der Waals surface area contributed by atoms with E-state index in [-0.39, 0.29) is 5.91 Å². The molecule has 0 aliphatic carbocycles. The van der Waals surface area contributed by atoms with Crippen LogP contribution in [0.4, 0.5) is 5.69 Å². The van der Waals surface area contributed by atoms with Gasteiger partial charge in [-0.05, 0) is 30.7 Å². The maximum absolute atomic E-state index is 10.7. The molecule has 1 aromatic carbocycles. The molecule has 0 aliphatic rings. The molecule has 3 nitrogen and oxygen atoms in total. The van der Waals surface area contributed by atoms with Crippen LogP contribution in [0.2, 0.25) is 0 Å². The highest BCUT2D eigenvalue weighted by atomic mass is 16.1. The molecule has 0 unspecified atom stereocenters. The normalized spacial score (nSPS) is 9.69. The molecule has 0 saturated carbocycles. The Balaban J connectivity index is 2.64. The molecule has 70 valence electrons. The van der Waals surface area contributed by atoms with Crippen LogP contribution in [0.1, 0.15) is 12.5 Å². The number of amides is 1. The van der Waals surface area contributed by atoms with Gasteiger partial charge in [-0.15, -0.1) is 0 Å². The minimum Gasteiger partial charge on any atom is -0.330 e. The van der Waals surface area contributed by atoms with Gasteiger partial charge in [-0.2, -0.15) is 0 Å². The lowest BCUT2D eigenvalue weighted by Crippen LogP contribution is -2.06. The molecule has 1 rings (SSSR count). The third-order valence-electron chi connectivity index (χ3n) is 1.71. The molecule has 13 heavy (non-hydrogen) atoms. The van der Waals surface area contributed by atoms with Gasteiger partial charge >= 0.3 is 0 Å². The van der Waals surface area contributed by atoms with Gasteiger partial charge in [0.05, 0.1) is 0 Å². The van der Waals surface area contributed by atoms with Gasteiger partial charge in [0.25, 0.3) is 0 Å². The summed E-state index contributed by atoms with van der Waals surface area (Å²) in [6, 6.07) is 7.70. The summed E-state index contributed by atoms with van der Waals surface area (Å²) in [5.41, 5.74) is 7.43. The van der Waals surface area contributed by atoms with Crippen LogP contribution >= 0.6 is 0 Å². The number of benzene rings is 1. The third kappa shape index (κ3) is 3.25. The maximum atomic E-state index is 10.7. The lowest BCUT2D eigenvalue weighted by Gasteiger charge is -2.03. The molecule has 3 heteroatoms. The first-order valence-corrected chi connectivity index (χ1v) is 4.29. The Kier molecular flexibility index (Phi) is 3.46. The zero-order chi connectivity index (χ0) is 9.68. The van der Waals surface area contributed by atoms with Crippen molar-refractivity contribution in [3.8, 4) is 0 Å². The van der Waals surface area contributed by atoms with Crippen molar-refractivity contribution in [3.05, 3.63) is 29.8 Å². The highest BCUT2D eigenvalue weighted by molar-refractivity contribution is 5.88. The first kappa shape index (κ1) is 9.74. The molecular formula is C10H14N2O. The van der Waals surface area contributed by atoms with E-state index in [4.69, 9.17) is 5.73 Å². The monoisotopic (exact) mass is 178 g/mol. The number of rotatable bonds is 3. The lowest BCUT2D eigenvalue weighted by atomic mass is 10.1. The average molecular weight is 178 g/mol. The minimum atomic E-state index is -0.0495. The van der Waals surface area contributed by atoms with E-state index >= 15 is 0 Å². The van der Waals surface area contributed by atoms with Crippen molar-refractivity contribution in [3.63, 3.8) is 0 Å². The van der Waals surface area contributed by atoms with Gasteiger partial charge in [-0.3, -0.25) is 4.79 Å². The quantitative estimate of drug-likeness (QED) is 0.729. The third-order valence-corrected chi connectivity index (χ3v) is 1.71. The van der Waals surface area contributed by atoms with Crippen LogP contribution in [0.25, 0.3) is 0 Å². The highest BCUT2D eigenvalue weighted by Gasteiger charge is 1.95. The average Bonchev–Trinajstić information content (AvgIpc) is 2.08. The van der Waals surface area contributed by atoms with E-state index in [0.29, 0.717) is 6.54 Å². The van der Waals surface area contributed by atoms with Crippen molar-refractivity contribution < 1.29 is 4.79 Å². The van der Waals surface area contributed by atoms with Gasteiger partial charge in [-0.25, -0.2) is 0 Å². The summed E-state index contributed by atoms with van der Waals surface area (Å²) in [7, 11) is 0. The molecule has 0 fully saturated rings. The van der Waals surface area contributed by atoms with Crippen LogP contribution in [-0.2, 0) is 11.2 Å². The van der Waals surface area contributed by atoms with Crippen LogP contribution in [0, 0.1) is 0 Å². The summed E-state index contributed by atoms with van der Waals surface area (Å²) < 4.78 is 0. The Labute approximate surface area is 77.9 Å². The topological polar surface area (TPSA) is 55.1 Å². The van der Waals surface area contributed by atoms with Gasteiger partial charge in [0, 0.05) is 12.6 Å². The number of carbonyl (C=O) groups excluding carboxylic acids is 1. The van der Waals surface area contributed by atoms with Crippen LogP contribution in [0.5, 0.6) is 0 Å². The Bertz CT molecular complexity index is 279. The predicted octanol–water partition coefficient (Wildman–Crippen LogP) is 1.15. The van der Waals surface area contributed by atoms with Gasteiger partial charge in [0.2, 0.25) is 5.91 Å². The number of nitrogens with one attached hydrogen (secondary N) is 1.